The molecule has 2 fully saturated rings. The Balaban J connectivity index is 1.80. The number of hydrogen-bond donors (Lipinski definition) is 2. The van der Waals surface area contributed by atoms with Gasteiger partial charge in [0.15, 0.2) is 0 Å². The highest BCUT2D eigenvalue weighted by molar-refractivity contribution is 4.96. The van der Waals surface area contributed by atoms with Crippen molar-refractivity contribution in [1.82, 2.24) is 10.6 Å². The maximum Gasteiger partial charge on any atom is 0.0214 e. The topological polar surface area (TPSA) is 24.1 Å². The lowest BCUT2D eigenvalue weighted by atomic mass is 9.79. The molecule has 1 saturated heterocycles. The quantitative estimate of drug-likeness (QED) is 0.576. The maximum atomic E-state index is 3.74. The van der Waals surface area contributed by atoms with Crippen LogP contribution in [0.2, 0.25) is 0 Å². The highest BCUT2D eigenvalue weighted by atomic mass is 15.0. The van der Waals surface area contributed by atoms with Crippen LogP contribution in [0, 0.1) is 17.8 Å². The first-order valence-corrected chi connectivity index (χ1v) is 7.28. The van der Waals surface area contributed by atoms with Crippen LogP contribution in [0.25, 0.3) is 0 Å². The van der Waals surface area contributed by atoms with Crippen LogP contribution in [0.15, 0.2) is 0 Å². The molecule has 17 heavy (non-hydrogen) atoms. The second-order valence-corrected chi connectivity index (χ2v) is 5.39. The fourth-order valence-electron chi connectivity index (χ4n) is 3.42. The standard InChI is InChI=1S/C15H26N2/c1-2-3-6-11-16-14-9-5-4-8-13(14)15-10-7-12-17-15/h13-17H,4-12H2,1H3. The number of hydrogen-bond acceptors (Lipinski definition) is 2. The summed E-state index contributed by atoms with van der Waals surface area (Å²) in [5, 5.41) is 7.43. The second-order valence-electron chi connectivity index (χ2n) is 5.39. The minimum Gasteiger partial charge on any atom is -0.314 e. The summed E-state index contributed by atoms with van der Waals surface area (Å²) in [7, 11) is 0. The Bertz CT molecular complexity index is 270. The van der Waals surface area contributed by atoms with Gasteiger partial charge in [-0.25, -0.2) is 0 Å². The molecule has 1 aliphatic heterocycles. The molecule has 2 rings (SSSR count). The molecule has 3 unspecified atom stereocenters. The van der Waals surface area contributed by atoms with Crippen molar-refractivity contribution in [2.75, 3.05) is 13.1 Å². The van der Waals surface area contributed by atoms with Gasteiger partial charge in [-0.2, -0.15) is 0 Å². The van der Waals surface area contributed by atoms with E-state index in [0.717, 1.165) is 31.0 Å². The first kappa shape index (κ1) is 12.9. The molecule has 0 aromatic heterocycles. The fraction of sp³-hybridized carbons (Fsp3) is 0.867. The van der Waals surface area contributed by atoms with Gasteiger partial charge in [-0.1, -0.05) is 12.8 Å². The SMILES string of the molecule is CC#CCCNC1CCCCC1C1CCCN1. The normalized spacial score (nSPS) is 33.1. The van der Waals surface area contributed by atoms with Crippen molar-refractivity contribution in [1.29, 1.82) is 0 Å². The van der Waals surface area contributed by atoms with E-state index in [1.54, 1.807) is 0 Å². The van der Waals surface area contributed by atoms with Gasteiger partial charge in [-0.15, -0.1) is 11.8 Å². The van der Waals surface area contributed by atoms with Crippen molar-refractivity contribution in [2.45, 2.75) is 64.0 Å². The highest BCUT2D eigenvalue weighted by Crippen LogP contribution is 2.30. The summed E-state index contributed by atoms with van der Waals surface area (Å²) >= 11 is 0. The van der Waals surface area contributed by atoms with Crippen LogP contribution < -0.4 is 10.6 Å². The lowest BCUT2D eigenvalue weighted by molar-refractivity contribution is 0.216. The second kappa shape index (κ2) is 7.03. The first-order chi connectivity index (χ1) is 8.42. The van der Waals surface area contributed by atoms with Gasteiger partial charge in [0.1, 0.15) is 0 Å². The molecule has 2 nitrogen and oxygen atoms in total. The summed E-state index contributed by atoms with van der Waals surface area (Å²) in [6.45, 7) is 4.22. The maximum absolute atomic E-state index is 3.74. The van der Waals surface area contributed by atoms with Gasteiger partial charge < -0.3 is 10.6 Å². The Morgan fingerprint density at radius 3 is 2.82 bits per heavy atom. The van der Waals surface area contributed by atoms with Crippen LogP contribution in [0.4, 0.5) is 0 Å². The third-order valence-corrected chi connectivity index (χ3v) is 4.27. The molecule has 1 saturated carbocycles. The van der Waals surface area contributed by atoms with Crippen LogP contribution >= 0.6 is 0 Å². The zero-order valence-electron chi connectivity index (χ0n) is 11.1. The summed E-state index contributed by atoms with van der Waals surface area (Å²) in [5.74, 6) is 6.98. The van der Waals surface area contributed by atoms with Gasteiger partial charge in [-0.05, 0) is 45.1 Å². The van der Waals surface area contributed by atoms with Crippen molar-refractivity contribution >= 4 is 0 Å². The monoisotopic (exact) mass is 234 g/mol. The van der Waals surface area contributed by atoms with E-state index in [9.17, 15) is 0 Å². The Morgan fingerprint density at radius 1 is 1.18 bits per heavy atom. The van der Waals surface area contributed by atoms with Crippen LogP contribution in [-0.2, 0) is 0 Å². The molecular formula is C15H26N2. The van der Waals surface area contributed by atoms with E-state index in [4.69, 9.17) is 0 Å². The Morgan fingerprint density at radius 2 is 2.06 bits per heavy atom. The predicted octanol–water partition coefficient (Wildman–Crippen LogP) is 2.30. The Labute approximate surface area is 106 Å². The Kier molecular flexibility index (Phi) is 5.35. The summed E-state index contributed by atoms with van der Waals surface area (Å²) in [5.41, 5.74) is 0. The lowest BCUT2D eigenvalue weighted by Gasteiger charge is -2.36. The van der Waals surface area contributed by atoms with Crippen LogP contribution in [-0.4, -0.2) is 25.2 Å². The van der Waals surface area contributed by atoms with E-state index in [0.29, 0.717) is 0 Å². The smallest absolute Gasteiger partial charge is 0.0214 e. The molecule has 96 valence electrons. The molecule has 3 atom stereocenters. The van der Waals surface area contributed by atoms with E-state index < -0.39 is 0 Å². The van der Waals surface area contributed by atoms with Crippen molar-refractivity contribution in [3.8, 4) is 11.8 Å². The van der Waals surface area contributed by atoms with E-state index in [-0.39, 0.29) is 0 Å². The predicted molar refractivity (Wildman–Crippen MR) is 72.8 cm³/mol. The van der Waals surface area contributed by atoms with Gasteiger partial charge in [0.2, 0.25) is 0 Å². The molecule has 0 spiro atoms. The van der Waals surface area contributed by atoms with E-state index in [2.05, 4.69) is 22.5 Å². The largest absolute Gasteiger partial charge is 0.314 e. The molecule has 0 aromatic rings. The van der Waals surface area contributed by atoms with E-state index >= 15 is 0 Å². The molecule has 0 aromatic carbocycles. The third kappa shape index (κ3) is 3.72. The van der Waals surface area contributed by atoms with Gasteiger partial charge in [0, 0.05) is 25.0 Å². The van der Waals surface area contributed by atoms with E-state index in [1.165, 1.54) is 45.1 Å². The minimum atomic E-state index is 0.734. The van der Waals surface area contributed by atoms with Gasteiger partial charge in [0.05, 0.1) is 0 Å². The summed E-state index contributed by atoms with van der Waals surface area (Å²) < 4.78 is 0. The van der Waals surface area contributed by atoms with Crippen molar-refractivity contribution in [3.05, 3.63) is 0 Å². The number of nitrogens with one attached hydrogen (secondary N) is 2. The minimum absolute atomic E-state index is 0.734. The molecule has 0 bridgehead atoms. The van der Waals surface area contributed by atoms with Gasteiger partial charge in [-0.3, -0.25) is 0 Å². The molecule has 2 heteroatoms. The molecule has 1 heterocycles. The van der Waals surface area contributed by atoms with Crippen molar-refractivity contribution in [3.63, 3.8) is 0 Å². The fourth-order valence-corrected chi connectivity index (χ4v) is 3.42. The summed E-state index contributed by atoms with van der Waals surface area (Å²) in [6, 6.07) is 1.52. The van der Waals surface area contributed by atoms with Crippen LogP contribution in [0.5, 0.6) is 0 Å². The lowest BCUT2D eigenvalue weighted by Crippen LogP contribution is -2.47. The first-order valence-electron chi connectivity index (χ1n) is 7.28. The Hall–Kier alpha value is -0.520. The molecule has 1 aliphatic carbocycles. The molecule has 2 aliphatic rings. The molecular weight excluding hydrogens is 208 g/mol. The zero-order chi connectivity index (χ0) is 11.9. The number of rotatable bonds is 4. The molecule has 0 amide bonds. The third-order valence-electron chi connectivity index (χ3n) is 4.27. The van der Waals surface area contributed by atoms with Gasteiger partial charge >= 0.3 is 0 Å². The molecule has 2 N–H and O–H groups in total. The highest BCUT2D eigenvalue weighted by Gasteiger charge is 2.32. The van der Waals surface area contributed by atoms with Crippen LogP contribution in [0.3, 0.4) is 0 Å². The summed E-state index contributed by atoms with van der Waals surface area (Å²) in [4.78, 5) is 0. The van der Waals surface area contributed by atoms with Crippen LogP contribution in [0.1, 0.15) is 51.9 Å². The average molecular weight is 234 g/mol. The van der Waals surface area contributed by atoms with Crippen molar-refractivity contribution < 1.29 is 0 Å². The molecule has 0 radical (unpaired) electrons. The van der Waals surface area contributed by atoms with Gasteiger partial charge in [0.25, 0.3) is 0 Å². The summed E-state index contributed by atoms with van der Waals surface area (Å²) in [6.07, 6.45) is 9.36. The average Bonchev–Trinajstić information content (AvgIpc) is 2.89. The van der Waals surface area contributed by atoms with Crippen molar-refractivity contribution in [2.24, 2.45) is 5.92 Å². The van der Waals surface area contributed by atoms with E-state index in [1.807, 2.05) is 6.92 Å². The zero-order valence-corrected chi connectivity index (χ0v) is 11.1.